The van der Waals surface area contributed by atoms with E-state index >= 15 is 0 Å². The lowest BCUT2D eigenvalue weighted by atomic mass is 9.95. The molecule has 0 radical (unpaired) electrons. The van der Waals surface area contributed by atoms with Crippen LogP contribution in [-0.4, -0.2) is 36.8 Å². The summed E-state index contributed by atoms with van der Waals surface area (Å²) in [5.41, 5.74) is 5.53. The zero-order valence-corrected chi connectivity index (χ0v) is 12.2. The molecule has 112 valence electrons. The molecule has 0 saturated heterocycles. The van der Waals surface area contributed by atoms with Gasteiger partial charge in [0, 0.05) is 25.3 Å². The van der Waals surface area contributed by atoms with Crippen LogP contribution in [0, 0.1) is 5.82 Å². The average Bonchev–Trinajstić information content (AvgIpc) is 2.45. The maximum absolute atomic E-state index is 13.8. The van der Waals surface area contributed by atoms with Gasteiger partial charge < -0.3 is 5.73 Å². The van der Waals surface area contributed by atoms with Gasteiger partial charge in [-0.05, 0) is 25.0 Å². The quantitative estimate of drug-likeness (QED) is 0.894. The molecule has 1 aromatic rings. The molecule has 5 nitrogen and oxygen atoms in total. The van der Waals surface area contributed by atoms with Crippen LogP contribution in [0.5, 0.6) is 0 Å². The molecule has 1 fully saturated rings. The first kappa shape index (κ1) is 15.3. The van der Waals surface area contributed by atoms with E-state index in [-0.39, 0.29) is 19.1 Å². The molecule has 1 heterocycles. The van der Waals surface area contributed by atoms with Crippen molar-refractivity contribution in [2.75, 3.05) is 13.1 Å². The summed E-state index contributed by atoms with van der Waals surface area (Å²) < 4.78 is 40.3. The molecule has 0 bridgehead atoms. The van der Waals surface area contributed by atoms with Crippen LogP contribution in [0.2, 0.25) is 0 Å². The minimum absolute atomic E-state index is 0.0984. The molecular weight excluding hydrogens is 281 g/mol. The van der Waals surface area contributed by atoms with E-state index in [0.29, 0.717) is 0 Å². The Balaban J connectivity index is 2.34. The molecule has 0 atom stereocenters. The third-order valence-electron chi connectivity index (χ3n) is 3.61. The van der Waals surface area contributed by atoms with Crippen molar-refractivity contribution in [1.29, 1.82) is 0 Å². The first-order chi connectivity index (χ1) is 9.57. The SMILES string of the molecule is NCCN(C1CCCCC1)S(=O)(=O)c1ncccc1F. The number of pyridine rings is 1. The second-order valence-corrected chi connectivity index (χ2v) is 6.79. The van der Waals surface area contributed by atoms with Gasteiger partial charge in [0.2, 0.25) is 5.03 Å². The topological polar surface area (TPSA) is 76.3 Å². The highest BCUT2D eigenvalue weighted by molar-refractivity contribution is 7.89. The Morgan fingerprint density at radius 3 is 2.65 bits per heavy atom. The molecule has 1 aliphatic rings. The summed E-state index contributed by atoms with van der Waals surface area (Å²) in [6, 6.07) is 2.39. The van der Waals surface area contributed by atoms with Gasteiger partial charge in [-0.1, -0.05) is 19.3 Å². The Hall–Kier alpha value is -1.05. The van der Waals surface area contributed by atoms with Crippen LogP contribution in [0.1, 0.15) is 32.1 Å². The third kappa shape index (κ3) is 3.16. The van der Waals surface area contributed by atoms with E-state index < -0.39 is 20.9 Å². The minimum atomic E-state index is -3.93. The fourth-order valence-electron chi connectivity index (χ4n) is 2.67. The zero-order chi connectivity index (χ0) is 14.6. The first-order valence-electron chi connectivity index (χ1n) is 6.90. The Kier molecular flexibility index (Phi) is 5.06. The number of sulfonamides is 1. The van der Waals surface area contributed by atoms with Gasteiger partial charge in [0.15, 0.2) is 5.82 Å². The van der Waals surface area contributed by atoms with Crippen molar-refractivity contribution >= 4 is 10.0 Å². The van der Waals surface area contributed by atoms with Crippen molar-refractivity contribution in [3.63, 3.8) is 0 Å². The number of nitrogens with zero attached hydrogens (tertiary/aromatic N) is 2. The Morgan fingerprint density at radius 1 is 1.35 bits per heavy atom. The van der Waals surface area contributed by atoms with E-state index in [9.17, 15) is 12.8 Å². The first-order valence-corrected chi connectivity index (χ1v) is 8.34. The van der Waals surface area contributed by atoms with Crippen molar-refractivity contribution < 1.29 is 12.8 Å². The van der Waals surface area contributed by atoms with E-state index in [1.54, 1.807) is 0 Å². The van der Waals surface area contributed by atoms with Crippen molar-refractivity contribution in [3.8, 4) is 0 Å². The molecular formula is C13H20FN3O2S. The van der Waals surface area contributed by atoms with Gasteiger partial charge in [0.25, 0.3) is 10.0 Å². The summed E-state index contributed by atoms with van der Waals surface area (Å²) in [7, 11) is -3.93. The molecule has 0 amide bonds. The number of rotatable bonds is 5. The largest absolute Gasteiger partial charge is 0.329 e. The zero-order valence-electron chi connectivity index (χ0n) is 11.3. The predicted molar refractivity (Wildman–Crippen MR) is 74.0 cm³/mol. The van der Waals surface area contributed by atoms with Crippen LogP contribution < -0.4 is 5.73 Å². The van der Waals surface area contributed by atoms with Crippen molar-refractivity contribution in [2.24, 2.45) is 5.73 Å². The predicted octanol–water partition coefficient (Wildman–Crippen LogP) is 1.50. The highest BCUT2D eigenvalue weighted by Crippen LogP contribution is 2.27. The third-order valence-corrected chi connectivity index (χ3v) is 5.50. The Bertz CT molecular complexity index is 544. The summed E-state index contributed by atoms with van der Waals surface area (Å²) in [4.78, 5) is 3.70. The fourth-order valence-corrected chi connectivity index (χ4v) is 4.35. The molecule has 0 unspecified atom stereocenters. The van der Waals surface area contributed by atoms with Crippen molar-refractivity contribution in [1.82, 2.24) is 9.29 Å². The Morgan fingerprint density at radius 2 is 2.05 bits per heavy atom. The molecule has 2 N–H and O–H groups in total. The van der Waals surface area contributed by atoms with Gasteiger partial charge in [-0.25, -0.2) is 17.8 Å². The minimum Gasteiger partial charge on any atom is -0.329 e. The van der Waals surface area contributed by atoms with Gasteiger partial charge >= 0.3 is 0 Å². The highest BCUT2D eigenvalue weighted by Gasteiger charge is 2.34. The smallest absolute Gasteiger partial charge is 0.263 e. The lowest BCUT2D eigenvalue weighted by Gasteiger charge is -2.32. The fraction of sp³-hybridized carbons (Fsp3) is 0.615. The van der Waals surface area contributed by atoms with E-state index in [4.69, 9.17) is 5.73 Å². The molecule has 2 rings (SSSR count). The molecule has 1 aliphatic carbocycles. The van der Waals surface area contributed by atoms with Gasteiger partial charge in [0.05, 0.1) is 0 Å². The standard InChI is InChI=1S/C13H20FN3O2S/c14-12-7-4-9-16-13(12)20(18,19)17(10-8-15)11-5-2-1-3-6-11/h4,7,9,11H,1-3,5-6,8,10,15H2. The maximum Gasteiger partial charge on any atom is 0.263 e. The van der Waals surface area contributed by atoms with Crippen molar-refractivity contribution in [2.45, 2.75) is 43.2 Å². The summed E-state index contributed by atoms with van der Waals surface area (Å²) in [6.07, 6.45) is 5.99. The van der Waals surface area contributed by atoms with Crippen molar-refractivity contribution in [3.05, 3.63) is 24.1 Å². The lowest BCUT2D eigenvalue weighted by molar-refractivity contribution is 0.256. The van der Waals surface area contributed by atoms with Gasteiger partial charge in [-0.2, -0.15) is 4.31 Å². The normalized spacial score (nSPS) is 17.6. The Labute approximate surface area is 119 Å². The second-order valence-electron chi connectivity index (χ2n) is 4.99. The number of nitrogens with two attached hydrogens (primary N) is 1. The maximum atomic E-state index is 13.8. The summed E-state index contributed by atoms with van der Waals surface area (Å²) >= 11 is 0. The van der Waals surface area contributed by atoms with Gasteiger partial charge in [-0.15, -0.1) is 0 Å². The van der Waals surface area contributed by atoms with E-state index in [1.165, 1.54) is 16.6 Å². The molecule has 7 heteroatoms. The summed E-state index contributed by atoms with van der Waals surface area (Å²) in [6.45, 7) is 0.410. The van der Waals surface area contributed by atoms with E-state index in [1.807, 2.05) is 0 Å². The molecule has 1 saturated carbocycles. The summed E-state index contributed by atoms with van der Waals surface area (Å²) in [5, 5.41) is -0.501. The van der Waals surface area contributed by atoms with Crippen LogP contribution in [0.25, 0.3) is 0 Å². The van der Waals surface area contributed by atoms with Crippen LogP contribution in [0.15, 0.2) is 23.4 Å². The van der Waals surface area contributed by atoms with Crippen LogP contribution in [0.3, 0.4) is 0 Å². The van der Waals surface area contributed by atoms with Crippen LogP contribution in [0.4, 0.5) is 4.39 Å². The second kappa shape index (κ2) is 6.60. The average molecular weight is 301 g/mol. The number of aromatic nitrogens is 1. The molecule has 0 spiro atoms. The van der Waals surface area contributed by atoms with Crippen LogP contribution >= 0.6 is 0 Å². The monoisotopic (exact) mass is 301 g/mol. The summed E-state index contributed by atoms with van der Waals surface area (Å²) in [5.74, 6) is -0.815. The lowest BCUT2D eigenvalue weighted by Crippen LogP contribution is -2.44. The highest BCUT2D eigenvalue weighted by atomic mass is 32.2. The molecule has 20 heavy (non-hydrogen) atoms. The molecule has 0 aliphatic heterocycles. The van der Waals surface area contributed by atoms with E-state index in [0.717, 1.165) is 38.2 Å². The van der Waals surface area contributed by atoms with Gasteiger partial charge in [-0.3, -0.25) is 0 Å². The molecule has 1 aromatic heterocycles. The van der Waals surface area contributed by atoms with Crippen LogP contribution in [-0.2, 0) is 10.0 Å². The number of hydrogen-bond donors (Lipinski definition) is 1. The number of halogens is 1. The van der Waals surface area contributed by atoms with Gasteiger partial charge in [0.1, 0.15) is 0 Å². The van der Waals surface area contributed by atoms with E-state index in [2.05, 4.69) is 4.98 Å². The number of hydrogen-bond acceptors (Lipinski definition) is 4. The molecule has 0 aromatic carbocycles.